The van der Waals surface area contributed by atoms with Crippen LogP contribution < -0.4 is 16.4 Å². The fraction of sp³-hybridized carbons (Fsp3) is 0.500. The van der Waals surface area contributed by atoms with Crippen molar-refractivity contribution in [3.63, 3.8) is 0 Å². The largest absolute Gasteiger partial charge is 0.374 e. The number of aromatic nitrogens is 2. The summed E-state index contributed by atoms with van der Waals surface area (Å²) in [5.74, 6) is -0.562. The molecular formula is C8H11N5O2S. The predicted octanol–water partition coefficient (Wildman–Crippen LogP) is -0.871. The van der Waals surface area contributed by atoms with Crippen molar-refractivity contribution >= 4 is 28.3 Å². The Bertz CT molecular complexity index is 418. The number of hydrogen-bond acceptors (Lipinski definition) is 6. The molecule has 1 aliphatic heterocycles. The van der Waals surface area contributed by atoms with Crippen molar-refractivity contribution in [2.75, 3.05) is 12.3 Å². The molecule has 0 spiro atoms. The van der Waals surface area contributed by atoms with Crippen LogP contribution in [0.15, 0.2) is 0 Å². The van der Waals surface area contributed by atoms with Gasteiger partial charge in [0, 0.05) is 6.54 Å². The quantitative estimate of drug-likeness (QED) is 0.623. The topological polar surface area (TPSA) is 110 Å². The highest BCUT2D eigenvalue weighted by atomic mass is 32.1. The Kier molecular flexibility index (Phi) is 3.00. The fourth-order valence-corrected chi connectivity index (χ4v) is 1.97. The van der Waals surface area contributed by atoms with Crippen LogP contribution >= 0.6 is 11.3 Å². The summed E-state index contributed by atoms with van der Waals surface area (Å²) in [6, 6.07) is -0.480. The number of nitrogens with zero attached hydrogens (tertiary/aromatic N) is 2. The van der Waals surface area contributed by atoms with E-state index in [-0.39, 0.29) is 16.0 Å². The SMILES string of the molecule is Nc1nnc(C(=O)NC2CCCNC2=O)s1. The van der Waals surface area contributed by atoms with Crippen LogP contribution in [0.2, 0.25) is 0 Å². The molecule has 0 radical (unpaired) electrons. The van der Waals surface area contributed by atoms with Crippen LogP contribution in [0.1, 0.15) is 22.6 Å². The van der Waals surface area contributed by atoms with Crippen molar-refractivity contribution in [2.24, 2.45) is 0 Å². The normalized spacial score (nSPS) is 20.2. The summed E-state index contributed by atoms with van der Waals surface area (Å²) >= 11 is 0.997. The van der Waals surface area contributed by atoms with Crippen LogP contribution in [0, 0.1) is 0 Å². The van der Waals surface area contributed by atoms with Crippen LogP contribution in [0.3, 0.4) is 0 Å². The maximum absolute atomic E-state index is 11.6. The van der Waals surface area contributed by atoms with Gasteiger partial charge in [-0.15, -0.1) is 10.2 Å². The Morgan fingerprint density at radius 2 is 2.38 bits per heavy atom. The van der Waals surface area contributed by atoms with E-state index in [1.165, 1.54) is 0 Å². The van der Waals surface area contributed by atoms with Gasteiger partial charge in [0.15, 0.2) is 0 Å². The number of nitrogen functional groups attached to an aromatic ring is 1. The number of carbonyl (C=O) groups excluding carboxylic acids is 2. The zero-order valence-corrected chi connectivity index (χ0v) is 9.21. The van der Waals surface area contributed by atoms with Crippen molar-refractivity contribution < 1.29 is 9.59 Å². The highest BCUT2D eigenvalue weighted by Crippen LogP contribution is 2.11. The first kappa shape index (κ1) is 10.8. The van der Waals surface area contributed by atoms with Crippen molar-refractivity contribution in [3.05, 3.63) is 5.01 Å². The van der Waals surface area contributed by atoms with E-state index < -0.39 is 11.9 Å². The van der Waals surface area contributed by atoms with E-state index in [2.05, 4.69) is 20.8 Å². The first-order valence-corrected chi connectivity index (χ1v) is 5.66. The van der Waals surface area contributed by atoms with Gasteiger partial charge >= 0.3 is 0 Å². The minimum atomic E-state index is -0.480. The number of piperidine rings is 1. The van der Waals surface area contributed by atoms with Crippen molar-refractivity contribution in [3.8, 4) is 0 Å². The third-order valence-electron chi connectivity index (χ3n) is 2.23. The molecule has 0 bridgehead atoms. The second kappa shape index (κ2) is 4.44. The lowest BCUT2D eigenvalue weighted by Gasteiger charge is -2.22. The van der Waals surface area contributed by atoms with E-state index in [1.54, 1.807) is 0 Å². The molecule has 0 aliphatic carbocycles. The maximum atomic E-state index is 11.6. The van der Waals surface area contributed by atoms with Crippen molar-refractivity contribution in [1.29, 1.82) is 0 Å². The molecule has 1 atom stereocenters. The first-order valence-electron chi connectivity index (χ1n) is 4.84. The molecule has 8 heteroatoms. The van der Waals surface area contributed by atoms with Gasteiger partial charge < -0.3 is 16.4 Å². The van der Waals surface area contributed by atoms with E-state index in [9.17, 15) is 9.59 Å². The van der Waals surface area contributed by atoms with Gasteiger partial charge in [-0.2, -0.15) is 0 Å². The lowest BCUT2D eigenvalue weighted by molar-refractivity contribution is -0.124. The monoisotopic (exact) mass is 241 g/mol. The average molecular weight is 241 g/mol. The minimum Gasteiger partial charge on any atom is -0.374 e. The van der Waals surface area contributed by atoms with Gasteiger partial charge in [-0.05, 0) is 12.8 Å². The van der Waals surface area contributed by atoms with Crippen LogP contribution in [-0.4, -0.2) is 34.6 Å². The summed E-state index contributed by atoms with van der Waals surface area (Å²) in [5.41, 5.74) is 5.36. The molecule has 86 valence electrons. The fourth-order valence-electron chi connectivity index (χ4n) is 1.46. The summed E-state index contributed by atoms with van der Waals surface area (Å²) in [6.45, 7) is 0.664. The predicted molar refractivity (Wildman–Crippen MR) is 57.8 cm³/mol. The standard InChI is InChI=1S/C8H11N5O2S/c9-8-13-12-7(16-8)6(15)11-4-2-1-3-10-5(4)14/h4H,1-3H2,(H2,9,13)(H,10,14)(H,11,15). The smallest absolute Gasteiger partial charge is 0.282 e. The van der Waals surface area contributed by atoms with Gasteiger partial charge in [0.1, 0.15) is 6.04 Å². The molecule has 2 amide bonds. The molecule has 1 saturated heterocycles. The molecule has 0 saturated carbocycles. The Balaban J connectivity index is 1.99. The molecule has 0 aromatic carbocycles. The second-order valence-corrected chi connectivity index (χ2v) is 4.41. The van der Waals surface area contributed by atoms with E-state index in [0.29, 0.717) is 13.0 Å². The highest BCUT2D eigenvalue weighted by molar-refractivity contribution is 7.16. The number of rotatable bonds is 2. The van der Waals surface area contributed by atoms with Crippen LogP contribution in [-0.2, 0) is 4.79 Å². The maximum Gasteiger partial charge on any atom is 0.282 e. The van der Waals surface area contributed by atoms with E-state index in [1.807, 2.05) is 0 Å². The van der Waals surface area contributed by atoms with E-state index in [4.69, 9.17) is 5.73 Å². The van der Waals surface area contributed by atoms with E-state index in [0.717, 1.165) is 17.8 Å². The molecule has 1 aromatic heterocycles. The zero-order chi connectivity index (χ0) is 11.5. The molecule has 7 nitrogen and oxygen atoms in total. The van der Waals surface area contributed by atoms with Gasteiger partial charge in [-0.25, -0.2) is 0 Å². The van der Waals surface area contributed by atoms with Crippen molar-refractivity contribution in [1.82, 2.24) is 20.8 Å². The Morgan fingerprint density at radius 3 is 3.00 bits per heavy atom. The molecule has 1 aromatic rings. The third kappa shape index (κ3) is 2.27. The molecule has 4 N–H and O–H groups in total. The molecule has 16 heavy (non-hydrogen) atoms. The molecule has 1 fully saturated rings. The van der Waals surface area contributed by atoms with E-state index >= 15 is 0 Å². The highest BCUT2D eigenvalue weighted by Gasteiger charge is 2.25. The second-order valence-electron chi connectivity index (χ2n) is 3.40. The number of hydrogen-bond donors (Lipinski definition) is 3. The number of anilines is 1. The summed E-state index contributed by atoms with van der Waals surface area (Å²) in [5, 5.41) is 12.8. The molecule has 2 heterocycles. The van der Waals surface area contributed by atoms with Crippen LogP contribution in [0.25, 0.3) is 0 Å². The Hall–Kier alpha value is -1.70. The lowest BCUT2D eigenvalue weighted by Crippen LogP contribution is -2.50. The molecule has 2 rings (SSSR count). The summed E-state index contributed by atoms with van der Waals surface area (Å²) in [4.78, 5) is 23.0. The molecular weight excluding hydrogens is 230 g/mol. The number of nitrogens with two attached hydrogens (primary N) is 1. The average Bonchev–Trinajstić information content (AvgIpc) is 2.68. The van der Waals surface area contributed by atoms with Gasteiger partial charge in [-0.3, -0.25) is 9.59 Å². The Labute approximate surface area is 95.4 Å². The zero-order valence-electron chi connectivity index (χ0n) is 8.40. The summed E-state index contributed by atoms with van der Waals surface area (Å²) in [6.07, 6.45) is 1.50. The van der Waals surface area contributed by atoms with Gasteiger partial charge in [0.2, 0.25) is 16.0 Å². The van der Waals surface area contributed by atoms with Gasteiger partial charge in [-0.1, -0.05) is 11.3 Å². The summed E-state index contributed by atoms with van der Waals surface area (Å²) in [7, 11) is 0. The van der Waals surface area contributed by atoms with Gasteiger partial charge in [0.25, 0.3) is 5.91 Å². The lowest BCUT2D eigenvalue weighted by atomic mass is 10.1. The summed E-state index contributed by atoms with van der Waals surface area (Å²) < 4.78 is 0. The molecule has 1 aliphatic rings. The molecule has 1 unspecified atom stereocenters. The minimum absolute atomic E-state index is 0.155. The van der Waals surface area contributed by atoms with Gasteiger partial charge in [0.05, 0.1) is 0 Å². The number of carbonyl (C=O) groups is 2. The van der Waals surface area contributed by atoms with Crippen LogP contribution in [0.4, 0.5) is 5.13 Å². The van der Waals surface area contributed by atoms with Crippen molar-refractivity contribution in [2.45, 2.75) is 18.9 Å². The van der Waals surface area contributed by atoms with Crippen LogP contribution in [0.5, 0.6) is 0 Å². The number of nitrogens with one attached hydrogen (secondary N) is 2. The Morgan fingerprint density at radius 1 is 1.56 bits per heavy atom. The number of amides is 2. The third-order valence-corrected chi connectivity index (χ3v) is 2.98. The first-order chi connectivity index (χ1) is 7.66.